The van der Waals surface area contributed by atoms with Gasteiger partial charge < -0.3 is 24.6 Å². The first-order valence-corrected chi connectivity index (χ1v) is 10.2. The fraction of sp³-hybridized carbons (Fsp3) is 0.391. The van der Waals surface area contributed by atoms with Crippen molar-refractivity contribution in [2.45, 2.75) is 25.6 Å². The molecule has 0 aliphatic carbocycles. The molecule has 0 bridgehead atoms. The van der Waals surface area contributed by atoms with Gasteiger partial charge in [0.1, 0.15) is 18.4 Å². The van der Waals surface area contributed by atoms with Crippen LogP contribution >= 0.6 is 0 Å². The van der Waals surface area contributed by atoms with Crippen LogP contribution < -0.4 is 14.8 Å². The molecule has 0 unspecified atom stereocenters. The second kappa shape index (κ2) is 10.3. The molecule has 2 aromatic carbocycles. The SMILES string of the molecule is C[C@H](NC(=O)COc1ccccc1F)C(=O)N1Cc2ccccc2OC[C@H]1CN(C)C. The largest absolute Gasteiger partial charge is 0.491 e. The van der Waals surface area contributed by atoms with Crippen molar-refractivity contribution < 1.29 is 23.5 Å². The summed E-state index contributed by atoms with van der Waals surface area (Å²) in [6.45, 7) is 2.62. The van der Waals surface area contributed by atoms with Crippen molar-refractivity contribution in [3.8, 4) is 11.5 Å². The van der Waals surface area contributed by atoms with Crippen molar-refractivity contribution in [1.82, 2.24) is 15.1 Å². The lowest BCUT2D eigenvalue weighted by atomic mass is 10.1. The van der Waals surface area contributed by atoms with E-state index in [0.717, 1.165) is 11.3 Å². The number of hydrogen-bond acceptors (Lipinski definition) is 5. The van der Waals surface area contributed by atoms with Gasteiger partial charge in [0, 0.05) is 18.7 Å². The summed E-state index contributed by atoms with van der Waals surface area (Å²) in [6.07, 6.45) is 0. The molecule has 0 radical (unpaired) electrons. The summed E-state index contributed by atoms with van der Waals surface area (Å²) in [5.74, 6) is -0.513. The van der Waals surface area contributed by atoms with Crippen LogP contribution in [0.1, 0.15) is 12.5 Å². The quantitative estimate of drug-likeness (QED) is 0.730. The monoisotopic (exact) mass is 429 g/mol. The number of amides is 2. The molecule has 2 aromatic rings. The molecular weight excluding hydrogens is 401 g/mol. The Hall–Kier alpha value is -3.13. The lowest BCUT2D eigenvalue weighted by molar-refractivity contribution is -0.139. The Kier molecular flexibility index (Phi) is 7.46. The van der Waals surface area contributed by atoms with Gasteiger partial charge in [-0.1, -0.05) is 30.3 Å². The Morgan fingerprint density at radius 3 is 2.68 bits per heavy atom. The number of rotatable bonds is 7. The number of nitrogens with one attached hydrogen (secondary N) is 1. The van der Waals surface area contributed by atoms with E-state index in [-0.39, 0.29) is 24.3 Å². The number of ether oxygens (including phenoxy) is 2. The maximum atomic E-state index is 13.6. The minimum Gasteiger partial charge on any atom is -0.491 e. The van der Waals surface area contributed by atoms with Crippen LogP contribution in [0.5, 0.6) is 11.5 Å². The third-order valence-electron chi connectivity index (χ3n) is 4.99. The zero-order valence-electron chi connectivity index (χ0n) is 18.0. The molecule has 1 aliphatic rings. The fourth-order valence-electron chi connectivity index (χ4n) is 3.49. The maximum Gasteiger partial charge on any atom is 0.258 e. The van der Waals surface area contributed by atoms with Crippen LogP contribution in [-0.4, -0.2) is 67.6 Å². The Labute approximate surface area is 181 Å². The molecule has 2 amide bonds. The van der Waals surface area contributed by atoms with E-state index in [1.165, 1.54) is 18.2 Å². The van der Waals surface area contributed by atoms with Crippen LogP contribution in [0.15, 0.2) is 48.5 Å². The smallest absolute Gasteiger partial charge is 0.258 e. The van der Waals surface area contributed by atoms with Gasteiger partial charge in [-0.2, -0.15) is 0 Å². The summed E-state index contributed by atoms with van der Waals surface area (Å²) in [5.41, 5.74) is 0.915. The zero-order valence-corrected chi connectivity index (χ0v) is 18.0. The van der Waals surface area contributed by atoms with Crippen molar-refractivity contribution in [3.63, 3.8) is 0 Å². The number of carbonyl (C=O) groups excluding carboxylic acids is 2. The number of benzene rings is 2. The molecule has 1 heterocycles. The Morgan fingerprint density at radius 1 is 1.23 bits per heavy atom. The number of nitrogens with zero attached hydrogens (tertiary/aromatic N) is 2. The predicted octanol–water partition coefficient (Wildman–Crippen LogP) is 2.06. The first-order chi connectivity index (χ1) is 14.8. The molecule has 0 aromatic heterocycles. The average molecular weight is 429 g/mol. The fourth-order valence-corrected chi connectivity index (χ4v) is 3.49. The van der Waals surface area contributed by atoms with Gasteiger partial charge in [0.05, 0.1) is 6.04 Å². The van der Waals surface area contributed by atoms with Crippen molar-refractivity contribution in [3.05, 3.63) is 59.9 Å². The number of carbonyl (C=O) groups is 2. The maximum absolute atomic E-state index is 13.6. The molecule has 7 nitrogen and oxygen atoms in total. The van der Waals surface area contributed by atoms with Crippen LogP contribution in [-0.2, 0) is 16.1 Å². The van der Waals surface area contributed by atoms with Crippen LogP contribution in [0.2, 0.25) is 0 Å². The van der Waals surface area contributed by atoms with Gasteiger partial charge in [-0.25, -0.2) is 4.39 Å². The van der Waals surface area contributed by atoms with Gasteiger partial charge in [0.2, 0.25) is 5.91 Å². The van der Waals surface area contributed by atoms with Crippen LogP contribution in [0.3, 0.4) is 0 Å². The van der Waals surface area contributed by atoms with E-state index in [2.05, 4.69) is 5.32 Å². The van der Waals surface area contributed by atoms with Gasteiger partial charge in [-0.3, -0.25) is 9.59 Å². The Balaban J connectivity index is 1.66. The number of likely N-dealkylation sites (N-methyl/N-ethyl adjacent to an activating group) is 1. The summed E-state index contributed by atoms with van der Waals surface area (Å²) >= 11 is 0. The number of halogens is 1. The molecule has 1 aliphatic heterocycles. The molecule has 8 heteroatoms. The van der Waals surface area contributed by atoms with E-state index in [4.69, 9.17) is 9.47 Å². The lowest BCUT2D eigenvalue weighted by Gasteiger charge is -2.33. The van der Waals surface area contributed by atoms with E-state index in [9.17, 15) is 14.0 Å². The molecule has 1 N–H and O–H groups in total. The highest BCUT2D eigenvalue weighted by Gasteiger charge is 2.32. The van der Waals surface area contributed by atoms with Crippen molar-refractivity contribution in [2.75, 3.05) is 33.9 Å². The zero-order chi connectivity index (χ0) is 22.4. The third-order valence-corrected chi connectivity index (χ3v) is 4.99. The first-order valence-electron chi connectivity index (χ1n) is 10.2. The normalized spacial score (nSPS) is 16.7. The van der Waals surface area contributed by atoms with Gasteiger partial charge in [0.15, 0.2) is 18.2 Å². The van der Waals surface area contributed by atoms with E-state index in [0.29, 0.717) is 19.7 Å². The van der Waals surface area contributed by atoms with E-state index >= 15 is 0 Å². The average Bonchev–Trinajstić information content (AvgIpc) is 2.92. The van der Waals surface area contributed by atoms with Gasteiger partial charge in [-0.05, 0) is 39.2 Å². The number of hydrogen-bond donors (Lipinski definition) is 1. The van der Waals surface area contributed by atoms with E-state index in [1.54, 1.807) is 17.9 Å². The van der Waals surface area contributed by atoms with Crippen LogP contribution in [0.25, 0.3) is 0 Å². The molecule has 0 saturated heterocycles. The molecule has 31 heavy (non-hydrogen) atoms. The molecule has 0 fully saturated rings. The molecular formula is C23H28FN3O4. The standard InChI is InChI=1S/C23H28FN3O4/c1-16(25-22(28)15-31-21-11-7-5-9-19(21)24)23(29)27-12-17-8-4-6-10-20(17)30-14-18(27)13-26(2)3/h4-11,16,18H,12-15H2,1-3H3,(H,25,28)/t16-,18+/m0/s1. The van der Waals surface area contributed by atoms with Gasteiger partial charge in [-0.15, -0.1) is 0 Å². The summed E-state index contributed by atoms with van der Waals surface area (Å²) in [7, 11) is 3.87. The van der Waals surface area contributed by atoms with E-state index in [1.807, 2.05) is 43.3 Å². The Bertz CT molecular complexity index is 921. The highest BCUT2D eigenvalue weighted by atomic mass is 19.1. The predicted molar refractivity (Wildman–Crippen MR) is 114 cm³/mol. The summed E-state index contributed by atoms with van der Waals surface area (Å²) in [6, 6.07) is 12.5. The minimum absolute atomic E-state index is 0.0102. The topological polar surface area (TPSA) is 71.1 Å². The molecule has 0 saturated carbocycles. The molecule has 3 rings (SSSR count). The van der Waals surface area contributed by atoms with Crippen molar-refractivity contribution in [2.24, 2.45) is 0 Å². The molecule has 2 atom stereocenters. The Morgan fingerprint density at radius 2 is 1.94 bits per heavy atom. The number of para-hydroxylation sites is 2. The summed E-state index contributed by atoms with van der Waals surface area (Å²) < 4.78 is 24.8. The van der Waals surface area contributed by atoms with E-state index < -0.39 is 17.8 Å². The number of fused-ring (bicyclic) bond motifs is 1. The highest BCUT2D eigenvalue weighted by Crippen LogP contribution is 2.25. The second-order valence-corrected chi connectivity index (χ2v) is 7.81. The molecule has 166 valence electrons. The second-order valence-electron chi connectivity index (χ2n) is 7.81. The minimum atomic E-state index is -0.772. The lowest BCUT2D eigenvalue weighted by Crippen LogP contribution is -2.54. The van der Waals surface area contributed by atoms with Gasteiger partial charge >= 0.3 is 0 Å². The summed E-state index contributed by atoms with van der Waals surface area (Å²) in [5, 5.41) is 2.65. The van der Waals surface area contributed by atoms with Gasteiger partial charge in [0.25, 0.3) is 5.91 Å². The van der Waals surface area contributed by atoms with Crippen LogP contribution in [0.4, 0.5) is 4.39 Å². The first kappa shape index (κ1) is 22.6. The third kappa shape index (κ3) is 5.95. The van der Waals surface area contributed by atoms with Crippen LogP contribution in [0, 0.1) is 5.82 Å². The molecule has 0 spiro atoms. The highest BCUT2D eigenvalue weighted by molar-refractivity contribution is 5.88. The summed E-state index contributed by atoms with van der Waals surface area (Å²) in [4.78, 5) is 29.3. The van der Waals surface area contributed by atoms with Crippen molar-refractivity contribution in [1.29, 1.82) is 0 Å². The van der Waals surface area contributed by atoms with Crippen molar-refractivity contribution >= 4 is 11.8 Å².